The zero-order valence-electron chi connectivity index (χ0n) is 33.2. The number of hydrogen-bond acceptors (Lipinski definition) is 3. The quantitative estimate of drug-likeness (QED) is 0.292. The van der Waals surface area contributed by atoms with Crippen LogP contribution in [0.5, 0.6) is 0 Å². The molecule has 4 saturated carbocycles. The van der Waals surface area contributed by atoms with E-state index in [9.17, 15) is 9.90 Å². The number of nitrogens with two attached hydrogens (primary N) is 2. The first-order valence-electron chi connectivity index (χ1n) is 20.3. The average Bonchev–Trinajstić information content (AvgIpc) is 3.41. The van der Waals surface area contributed by atoms with E-state index in [4.69, 9.17) is 11.5 Å². The number of amides is 1. The Morgan fingerprint density at radius 1 is 0.688 bits per heavy atom. The highest BCUT2D eigenvalue weighted by atomic mass is 16.3. The third-order valence-corrected chi connectivity index (χ3v) is 12.7. The molecule has 0 radical (unpaired) electrons. The maximum atomic E-state index is 10.9. The predicted octanol–water partition coefficient (Wildman–Crippen LogP) is 11.1. The van der Waals surface area contributed by atoms with Gasteiger partial charge in [0.25, 0.3) is 0 Å². The molecule has 0 spiro atoms. The lowest BCUT2D eigenvalue weighted by Gasteiger charge is -2.31. The first kappa shape index (κ1) is 42.8. The monoisotopic (exact) mass is 669 g/mol. The van der Waals surface area contributed by atoms with Crippen molar-refractivity contribution in [2.75, 3.05) is 0 Å². The highest BCUT2D eigenvalue weighted by molar-refractivity contribution is 5.76. The van der Waals surface area contributed by atoms with Gasteiger partial charge in [0.2, 0.25) is 5.91 Å². The Balaban J connectivity index is 0.000000225. The van der Waals surface area contributed by atoms with Crippen LogP contribution in [-0.4, -0.2) is 23.2 Å². The molecule has 5 rings (SSSR count). The fraction of sp³-hybridized carbons (Fsp3) is 0.841. The molecule has 3 atom stereocenters. The Labute approximate surface area is 298 Å². The van der Waals surface area contributed by atoms with Gasteiger partial charge in [0, 0.05) is 12.0 Å². The van der Waals surface area contributed by atoms with Gasteiger partial charge in [-0.2, -0.15) is 0 Å². The molecule has 0 saturated heterocycles. The third kappa shape index (κ3) is 15.2. The van der Waals surface area contributed by atoms with Crippen molar-refractivity contribution in [2.24, 2.45) is 70.1 Å². The Morgan fingerprint density at radius 3 is 1.44 bits per heavy atom. The van der Waals surface area contributed by atoms with Crippen LogP contribution in [0.25, 0.3) is 0 Å². The molecule has 48 heavy (non-hydrogen) atoms. The molecule has 1 aromatic rings. The number of aliphatic hydroxyl groups is 1. The summed E-state index contributed by atoms with van der Waals surface area (Å²) < 4.78 is 0. The summed E-state index contributed by atoms with van der Waals surface area (Å²) in [6, 6.07) is 11.5. The van der Waals surface area contributed by atoms with E-state index in [1.54, 1.807) is 5.56 Å². The molecule has 1 amide bonds. The van der Waals surface area contributed by atoms with Crippen molar-refractivity contribution in [3.63, 3.8) is 0 Å². The Hall–Kier alpha value is -1.39. The lowest BCUT2D eigenvalue weighted by Crippen LogP contribution is -2.33. The van der Waals surface area contributed by atoms with Crippen molar-refractivity contribution in [1.82, 2.24) is 0 Å². The Morgan fingerprint density at radius 2 is 1.10 bits per heavy atom. The minimum absolute atomic E-state index is 0.00926. The van der Waals surface area contributed by atoms with Crippen molar-refractivity contribution in [2.45, 2.75) is 177 Å². The second-order valence-corrected chi connectivity index (χ2v) is 18.6. The molecule has 4 aliphatic rings. The fourth-order valence-corrected chi connectivity index (χ4v) is 9.01. The first-order chi connectivity index (χ1) is 22.5. The number of hydrogen-bond donors (Lipinski definition) is 3. The van der Waals surface area contributed by atoms with Gasteiger partial charge in [0.05, 0.1) is 6.10 Å². The van der Waals surface area contributed by atoms with Crippen molar-refractivity contribution >= 4 is 5.91 Å². The summed E-state index contributed by atoms with van der Waals surface area (Å²) in [4.78, 5) is 10.9. The lowest BCUT2D eigenvalue weighted by atomic mass is 9.75. The molecular weight excluding hydrogens is 588 g/mol. The number of benzene rings is 1. The molecule has 0 heterocycles. The molecule has 0 bridgehead atoms. The van der Waals surface area contributed by atoms with E-state index < -0.39 is 0 Å². The summed E-state index contributed by atoms with van der Waals surface area (Å²) >= 11 is 0. The second-order valence-electron chi connectivity index (χ2n) is 18.6. The topological polar surface area (TPSA) is 89.3 Å². The van der Waals surface area contributed by atoms with Gasteiger partial charge >= 0.3 is 0 Å². The van der Waals surface area contributed by atoms with Gasteiger partial charge in [-0.1, -0.05) is 99.6 Å². The minimum atomic E-state index is -0.0998. The molecular formula is C44H80N2O2. The molecule has 0 aliphatic heterocycles. The summed E-state index contributed by atoms with van der Waals surface area (Å²) in [5.74, 6) is 7.60. The molecule has 4 aliphatic carbocycles. The molecule has 1 aromatic carbocycles. The molecule has 278 valence electrons. The van der Waals surface area contributed by atoms with Gasteiger partial charge in [0.15, 0.2) is 0 Å². The molecule has 3 unspecified atom stereocenters. The molecule has 0 aromatic heterocycles. The summed E-state index contributed by atoms with van der Waals surface area (Å²) in [7, 11) is 0. The standard InChI is InChI=1S/C15H22.C10H19NO.C10H21N.C9H18O/c1-12(2)13-8-10-15(11-9-13)14-6-4-3-5-7-14;1-7(2)8-3-5-9(6-4-8)10(11)12;1-7-5-8(9(11)6-7)10(2,3)4;1-7(2)8-3-5-9(10)6-4-8/h3-7,12-13,15H,8-11H2,1-2H3;7-9H,3-6H2,1-2H3,(H2,11,12);7-9H,5-6,11H2,1-4H3;7-10H,3-6H2,1-2H3. The zero-order valence-corrected chi connectivity index (χ0v) is 33.2. The van der Waals surface area contributed by atoms with Crippen LogP contribution in [0.3, 0.4) is 0 Å². The van der Waals surface area contributed by atoms with Crippen molar-refractivity contribution in [3.05, 3.63) is 35.9 Å². The van der Waals surface area contributed by atoms with Gasteiger partial charge in [-0.3, -0.25) is 4.79 Å². The first-order valence-corrected chi connectivity index (χ1v) is 20.3. The van der Waals surface area contributed by atoms with Gasteiger partial charge in [-0.15, -0.1) is 0 Å². The van der Waals surface area contributed by atoms with E-state index in [1.807, 2.05) is 0 Å². The van der Waals surface area contributed by atoms with Crippen LogP contribution in [0.15, 0.2) is 30.3 Å². The number of carbonyl (C=O) groups excluding carboxylic acids is 1. The smallest absolute Gasteiger partial charge is 0.220 e. The molecule has 4 fully saturated rings. The van der Waals surface area contributed by atoms with Crippen LogP contribution < -0.4 is 11.5 Å². The molecule has 4 nitrogen and oxygen atoms in total. The van der Waals surface area contributed by atoms with E-state index in [2.05, 4.69) is 99.6 Å². The van der Waals surface area contributed by atoms with E-state index >= 15 is 0 Å². The van der Waals surface area contributed by atoms with Crippen molar-refractivity contribution < 1.29 is 9.90 Å². The number of carbonyl (C=O) groups is 1. The van der Waals surface area contributed by atoms with Crippen LogP contribution in [0, 0.1) is 58.7 Å². The van der Waals surface area contributed by atoms with E-state index in [-0.39, 0.29) is 17.9 Å². The van der Waals surface area contributed by atoms with Crippen molar-refractivity contribution in [3.8, 4) is 0 Å². The van der Waals surface area contributed by atoms with E-state index in [0.717, 1.165) is 78.9 Å². The van der Waals surface area contributed by atoms with Crippen LogP contribution in [0.2, 0.25) is 0 Å². The van der Waals surface area contributed by atoms with Gasteiger partial charge < -0.3 is 16.6 Å². The number of primary amides is 1. The zero-order chi connectivity index (χ0) is 36.0. The highest BCUT2D eigenvalue weighted by Crippen LogP contribution is 2.41. The summed E-state index contributed by atoms with van der Waals surface area (Å²) in [6.45, 7) is 23.0. The van der Waals surface area contributed by atoms with Crippen molar-refractivity contribution in [1.29, 1.82) is 0 Å². The van der Waals surface area contributed by atoms with Gasteiger partial charge in [0.1, 0.15) is 0 Å². The fourth-order valence-electron chi connectivity index (χ4n) is 9.01. The minimum Gasteiger partial charge on any atom is -0.393 e. The normalized spacial score (nSPS) is 32.4. The van der Waals surface area contributed by atoms with Crippen LogP contribution in [0.4, 0.5) is 0 Å². The van der Waals surface area contributed by atoms with Crippen LogP contribution >= 0.6 is 0 Å². The Kier molecular flexibility index (Phi) is 18.8. The third-order valence-electron chi connectivity index (χ3n) is 12.7. The summed E-state index contributed by atoms with van der Waals surface area (Å²) in [6.07, 6.45) is 17.1. The lowest BCUT2D eigenvalue weighted by molar-refractivity contribution is -0.123. The molecule has 4 heteroatoms. The van der Waals surface area contributed by atoms with Gasteiger partial charge in [-0.25, -0.2) is 0 Å². The predicted molar refractivity (Wildman–Crippen MR) is 208 cm³/mol. The maximum Gasteiger partial charge on any atom is 0.220 e. The van der Waals surface area contributed by atoms with Crippen LogP contribution in [0.1, 0.15) is 171 Å². The van der Waals surface area contributed by atoms with E-state index in [0.29, 0.717) is 11.5 Å². The Bertz CT molecular complexity index is 975. The average molecular weight is 669 g/mol. The van der Waals surface area contributed by atoms with Crippen LogP contribution in [-0.2, 0) is 4.79 Å². The molecule has 5 N–H and O–H groups in total. The SMILES string of the molecule is CC(C)C1CCC(C(N)=O)CC1.CC(C)C1CCC(O)CC1.CC(C)C1CCC(c2ccccc2)CC1.CC1CC(N)C(C(C)(C)C)C1. The maximum absolute atomic E-state index is 10.9. The highest BCUT2D eigenvalue weighted by Gasteiger charge is 2.37. The number of aliphatic hydroxyl groups excluding tert-OH is 1. The van der Waals surface area contributed by atoms with Gasteiger partial charge in [-0.05, 0) is 154 Å². The second kappa shape index (κ2) is 21.1. The van der Waals surface area contributed by atoms with E-state index in [1.165, 1.54) is 64.2 Å². The summed E-state index contributed by atoms with van der Waals surface area (Å²) in [5.41, 5.74) is 13.3. The summed E-state index contributed by atoms with van der Waals surface area (Å²) in [5, 5.41) is 9.21. The largest absolute Gasteiger partial charge is 0.393 e. The number of rotatable bonds is 5.